The Hall–Kier alpha value is -3.53. The van der Waals surface area contributed by atoms with Crippen molar-refractivity contribution in [1.29, 1.82) is 0 Å². The van der Waals surface area contributed by atoms with E-state index in [1.54, 1.807) is 13.8 Å². The van der Waals surface area contributed by atoms with Gasteiger partial charge in [-0.15, -0.1) is 0 Å². The first-order chi connectivity index (χ1) is 16.8. The first-order valence-corrected chi connectivity index (χ1v) is 12.3. The lowest BCUT2D eigenvalue weighted by Gasteiger charge is -2.27. The van der Waals surface area contributed by atoms with Crippen molar-refractivity contribution in [2.45, 2.75) is 46.6 Å². The lowest BCUT2D eigenvalue weighted by atomic mass is 9.99. The molecule has 0 saturated carbocycles. The number of hydrogen-bond acceptors (Lipinski definition) is 4. The Morgan fingerprint density at radius 3 is 2.03 bits per heavy atom. The van der Waals surface area contributed by atoms with Gasteiger partial charge in [0.25, 0.3) is 0 Å². The van der Waals surface area contributed by atoms with E-state index in [1.165, 1.54) is 16.7 Å². The average Bonchev–Trinajstić information content (AvgIpc) is 2.88. The van der Waals surface area contributed by atoms with Gasteiger partial charge in [0, 0.05) is 0 Å². The minimum atomic E-state index is -1.01. The number of esters is 1. The van der Waals surface area contributed by atoms with Gasteiger partial charge in [-0.3, -0.25) is 0 Å². The fourth-order valence-corrected chi connectivity index (χ4v) is 3.56. The van der Waals surface area contributed by atoms with E-state index in [0.717, 1.165) is 11.3 Å². The fraction of sp³-hybridized carbons (Fsp3) is 0.323. The van der Waals surface area contributed by atoms with Gasteiger partial charge in [0.2, 0.25) is 5.60 Å². The molecule has 1 atom stereocenters. The molecule has 0 bridgehead atoms. The number of ether oxygens (including phenoxy) is 3. The molecule has 0 N–H and O–H groups in total. The third-order valence-electron chi connectivity index (χ3n) is 6.07. The van der Waals surface area contributed by atoms with Crippen molar-refractivity contribution in [2.75, 3.05) is 13.2 Å². The van der Waals surface area contributed by atoms with E-state index in [1.807, 2.05) is 37.3 Å². The molecule has 0 saturated heterocycles. The van der Waals surface area contributed by atoms with Crippen LogP contribution in [0.1, 0.15) is 46.6 Å². The van der Waals surface area contributed by atoms with Gasteiger partial charge in [-0.25, -0.2) is 4.79 Å². The molecule has 0 aliphatic carbocycles. The smallest absolute Gasteiger partial charge is 0.350 e. The average molecular weight is 473 g/mol. The van der Waals surface area contributed by atoms with Crippen LogP contribution in [0.25, 0.3) is 17.2 Å². The third kappa shape index (κ3) is 7.22. The summed E-state index contributed by atoms with van der Waals surface area (Å²) >= 11 is 0. The Labute approximate surface area is 209 Å². The van der Waals surface area contributed by atoms with Gasteiger partial charge in [-0.05, 0) is 72.7 Å². The predicted octanol–water partition coefficient (Wildman–Crippen LogP) is 7.58. The number of benzene rings is 3. The van der Waals surface area contributed by atoms with Crippen LogP contribution in [0.2, 0.25) is 0 Å². The topological polar surface area (TPSA) is 44.8 Å². The Morgan fingerprint density at radius 1 is 0.857 bits per heavy atom. The lowest BCUT2D eigenvalue weighted by Crippen LogP contribution is -2.42. The van der Waals surface area contributed by atoms with Crippen molar-refractivity contribution in [1.82, 2.24) is 0 Å². The maximum Gasteiger partial charge on any atom is 0.350 e. The lowest BCUT2D eigenvalue weighted by molar-refractivity contribution is -0.160. The minimum Gasteiger partial charge on any atom is -0.489 e. The summed E-state index contributed by atoms with van der Waals surface area (Å²) in [5.74, 6) is 1.35. The predicted molar refractivity (Wildman–Crippen MR) is 143 cm³/mol. The van der Waals surface area contributed by atoms with Crippen LogP contribution < -0.4 is 9.47 Å². The molecular formula is C31H36O4. The van der Waals surface area contributed by atoms with Crippen molar-refractivity contribution in [3.05, 3.63) is 90.0 Å². The Balaban J connectivity index is 1.64. The van der Waals surface area contributed by atoms with Crippen molar-refractivity contribution < 1.29 is 19.0 Å². The molecule has 0 aromatic heterocycles. The maximum atomic E-state index is 12.3. The second-order valence-electron chi connectivity index (χ2n) is 9.03. The van der Waals surface area contributed by atoms with Crippen LogP contribution in [0.4, 0.5) is 0 Å². The molecule has 0 fully saturated rings. The zero-order valence-electron chi connectivity index (χ0n) is 21.4. The number of carbonyl (C=O) groups is 1. The highest BCUT2D eigenvalue weighted by molar-refractivity contribution is 5.79. The normalized spacial score (nSPS) is 13.3. The van der Waals surface area contributed by atoms with Crippen LogP contribution in [-0.4, -0.2) is 24.8 Å². The second kappa shape index (κ2) is 12.3. The van der Waals surface area contributed by atoms with Crippen molar-refractivity contribution in [3.63, 3.8) is 0 Å². The van der Waals surface area contributed by atoms with E-state index in [4.69, 9.17) is 14.2 Å². The maximum absolute atomic E-state index is 12.3. The van der Waals surface area contributed by atoms with Crippen LogP contribution in [-0.2, 0) is 9.53 Å². The molecule has 0 spiro atoms. The number of carbonyl (C=O) groups excluding carboxylic acids is 1. The van der Waals surface area contributed by atoms with Gasteiger partial charge in [0.15, 0.2) is 0 Å². The van der Waals surface area contributed by atoms with Gasteiger partial charge in [0.1, 0.15) is 18.1 Å². The molecule has 0 aliphatic heterocycles. The largest absolute Gasteiger partial charge is 0.489 e. The fourth-order valence-electron chi connectivity index (χ4n) is 3.56. The molecule has 3 aromatic rings. The number of hydrogen-bond donors (Lipinski definition) is 0. The number of rotatable bonds is 11. The Bertz CT molecular complexity index is 1100. The van der Waals surface area contributed by atoms with E-state index in [9.17, 15) is 4.79 Å². The zero-order valence-corrected chi connectivity index (χ0v) is 21.4. The molecule has 4 nitrogen and oxygen atoms in total. The molecular weight excluding hydrogens is 436 g/mol. The summed E-state index contributed by atoms with van der Waals surface area (Å²) in [6.45, 7) is 10.6. The molecule has 3 aromatic carbocycles. The molecule has 0 amide bonds. The quantitative estimate of drug-likeness (QED) is 0.270. The van der Waals surface area contributed by atoms with E-state index in [-0.39, 0.29) is 5.97 Å². The van der Waals surface area contributed by atoms with E-state index >= 15 is 0 Å². The van der Waals surface area contributed by atoms with Crippen LogP contribution in [0.3, 0.4) is 0 Å². The van der Waals surface area contributed by atoms with Crippen molar-refractivity contribution >= 4 is 12.0 Å². The minimum absolute atomic E-state index is 0.327. The first kappa shape index (κ1) is 26.1. The molecule has 35 heavy (non-hydrogen) atoms. The van der Waals surface area contributed by atoms with Crippen LogP contribution in [0.15, 0.2) is 84.4 Å². The van der Waals surface area contributed by atoms with E-state index in [0.29, 0.717) is 31.3 Å². The van der Waals surface area contributed by atoms with E-state index < -0.39 is 5.60 Å². The summed E-state index contributed by atoms with van der Waals surface area (Å²) in [5.41, 5.74) is 3.76. The first-order valence-electron chi connectivity index (χ1n) is 12.3. The highest BCUT2D eigenvalue weighted by atomic mass is 16.6. The van der Waals surface area contributed by atoms with Gasteiger partial charge in [0.05, 0.1) is 6.61 Å². The van der Waals surface area contributed by atoms with Crippen molar-refractivity contribution in [2.24, 2.45) is 5.92 Å². The third-order valence-corrected chi connectivity index (χ3v) is 6.07. The van der Waals surface area contributed by atoms with E-state index in [2.05, 4.69) is 68.5 Å². The summed E-state index contributed by atoms with van der Waals surface area (Å²) in [7, 11) is 0. The molecule has 3 rings (SSSR count). The second-order valence-corrected chi connectivity index (χ2v) is 9.03. The molecule has 4 heteroatoms. The highest BCUT2D eigenvalue weighted by Gasteiger charge is 2.35. The summed E-state index contributed by atoms with van der Waals surface area (Å²) < 4.78 is 17.2. The Kier molecular flexibility index (Phi) is 9.13. The van der Waals surface area contributed by atoms with Crippen molar-refractivity contribution in [3.8, 4) is 22.6 Å². The SMILES string of the molecule is CCOC(=O)C(C)(CC)Oc1ccc(OCC(=Cc2ccc(-c3ccccc3)cc2)C(C)C)cc1. The van der Waals surface area contributed by atoms with Gasteiger partial charge in [-0.2, -0.15) is 0 Å². The summed E-state index contributed by atoms with van der Waals surface area (Å²) in [5, 5.41) is 0. The van der Waals surface area contributed by atoms with Crippen LogP contribution in [0, 0.1) is 5.92 Å². The molecule has 0 heterocycles. The van der Waals surface area contributed by atoms with Crippen LogP contribution >= 0.6 is 0 Å². The van der Waals surface area contributed by atoms with Crippen LogP contribution in [0.5, 0.6) is 11.5 Å². The van der Waals surface area contributed by atoms with Gasteiger partial charge in [-0.1, -0.05) is 81.4 Å². The van der Waals surface area contributed by atoms with Gasteiger partial charge < -0.3 is 14.2 Å². The summed E-state index contributed by atoms with van der Waals surface area (Å²) in [6, 6.07) is 26.3. The molecule has 1 unspecified atom stereocenters. The standard InChI is InChI=1S/C31H36O4/c1-6-31(5,30(32)33-7-2)35-29-19-17-28(18-20-29)34-22-27(23(3)4)21-24-13-15-26(16-14-24)25-11-9-8-10-12-25/h8-21,23H,6-7,22H2,1-5H3. The molecule has 0 aliphatic rings. The Morgan fingerprint density at radius 2 is 1.46 bits per heavy atom. The van der Waals surface area contributed by atoms with Gasteiger partial charge >= 0.3 is 5.97 Å². The highest BCUT2D eigenvalue weighted by Crippen LogP contribution is 2.26. The molecule has 0 radical (unpaired) electrons. The monoisotopic (exact) mass is 472 g/mol. The summed E-state index contributed by atoms with van der Waals surface area (Å²) in [6.07, 6.45) is 2.71. The molecule has 184 valence electrons. The zero-order chi connectivity index (χ0) is 25.3. The summed E-state index contributed by atoms with van der Waals surface area (Å²) in [4.78, 5) is 12.3.